The van der Waals surface area contributed by atoms with Crippen LogP contribution in [0.4, 0.5) is 0 Å². The lowest BCUT2D eigenvalue weighted by atomic mass is 9.94. The van der Waals surface area contributed by atoms with E-state index in [9.17, 15) is 0 Å². The van der Waals surface area contributed by atoms with Gasteiger partial charge in [-0.3, -0.25) is 4.98 Å². The number of pyridine rings is 1. The van der Waals surface area contributed by atoms with E-state index < -0.39 is 0 Å². The highest BCUT2D eigenvalue weighted by Gasteiger charge is 2.20. The Bertz CT molecular complexity index is 763. The average Bonchev–Trinajstić information content (AvgIpc) is 3.02. The summed E-state index contributed by atoms with van der Waals surface area (Å²) in [5, 5.41) is 8.44. The highest BCUT2D eigenvalue weighted by Crippen LogP contribution is 2.33. The van der Waals surface area contributed by atoms with E-state index in [1.807, 2.05) is 23.7 Å². The lowest BCUT2D eigenvalue weighted by Gasteiger charge is -2.24. The molecule has 0 fully saturated rings. The van der Waals surface area contributed by atoms with Gasteiger partial charge in [0, 0.05) is 35.2 Å². The second kappa shape index (κ2) is 5.58. The molecular weight excluding hydrogens is 276 g/mol. The summed E-state index contributed by atoms with van der Waals surface area (Å²) in [6.45, 7) is 0.929. The molecule has 0 aliphatic heterocycles. The van der Waals surface area contributed by atoms with Crippen molar-refractivity contribution in [2.24, 2.45) is 0 Å². The third-order valence-corrected chi connectivity index (χ3v) is 5.31. The van der Waals surface area contributed by atoms with Crippen LogP contribution in [0.5, 0.6) is 0 Å². The molecule has 0 amide bonds. The summed E-state index contributed by atoms with van der Waals surface area (Å²) >= 11 is 1.91. The molecule has 1 aromatic carbocycles. The first-order valence-electron chi connectivity index (χ1n) is 7.52. The first-order chi connectivity index (χ1) is 10.4. The van der Waals surface area contributed by atoms with Crippen LogP contribution in [0.15, 0.2) is 48.1 Å². The Kier molecular flexibility index (Phi) is 3.45. The molecular formula is C18H18N2S. The summed E-state index contributed by atoms with van der Waals surface area (Å²) in [6, 6.07) is 11.5. The summed E-state index contributed by atoms with van der Waals surface area (Å²) in [4.78, 5) is 5.74. The van der Waals surface area contributed by atoms with Crippen molar-refractivity contribution in [2.45, 2.75) is 31.8 Å². The van der Waals surface area contributed by atoms with Crippen molar-refractivity contribution in [3.63, 3.8) is 0 Å². The lowest BCUT2D eigenvalue weighted by molar-refractivity contribution is 0.463. The maximum absolute atomic E-state index is 4.17. The molecule has 0 saturated carbocycles. The molecule has 0 spiro atoms. The van der Waals surface area contributed by atoms with Crippen LogP contribution in [0.1, 0.15) is 34.9 Å². The van der Waals surface area contributed by atoms with Gasteiger partial charge in [0.2, 0.25) is 0 Å². The largest absolute Gasteiger partial charge is 0.306 e. The van der Waals surface area contributed by atoms with Crippen LogP contribution in [-0.2, 0) is 13.0 Å². The molecule has 0 saturated heterocycles. The highest BCUT2D eigenvalue weighted by atomic mass is 32.1. The second-order valence-electron chi connectivity index (χ2n) is 5.68. The summed E-state index contributed by atoms with van der Waals surface area (Å²) in [6.07, 6.45) is 7.59. The van der Waals surface area contributed by atoms with Crippen LogP contribution in [0.3, 0.4) is 0 Å². The first kappa shape index (κ1) is 13.0. The molecule has 2 nitrogen and oxygen atoms in total. The van der Waals surface area contributed by atoms with E-state index in [-0.39, 0.29) is 0 Å². The van der Waals surface area contributed by atoms with Crippen LogP contribution in [0.2, 0.25) is 0 Å². The minimum atomic E-state index is 0.521. The third kappa shape index (κ3) is 2.59. The molecule has 0 bridgehead atoms. The highest BCUT2D eigenvalue weighted by molar-refractivity contribution is 7.10. The molecule has 3 heteroatoms. The normalized spacial score (nSPS) is 17.8. The number of nitrogens with zero attached hydrogens (tertiary/aromatic N) is 1. The van der Waals surface area contributed by atoms with Crippen LogP contribution < -0.4 is 5.32 Å². The van der Waals surface area contributed by atoms with Crippen molar-refractivity contribution < 1.29 is 0 Å². The number of nitrogens with one attached hydrogen (secondary N) is 1. The molecule has 1 aliphatic carbocycles. The number of benzene rings is 1. The minimum Gasteiger partial charge on any atom is -0.306 e. The fourth-order valence-electron chi connectivity index (χ4n) is 3.18. The Balaban J connectivity index is 1.51. The number of thiophene rings is 1. The molecule has 106 valence electrons. The van der Waals surface area contributed by atoms with Gasteiger partial charge in [-0.15, -0.1) is 11.3 Å². The van der Waals surface area contributed by atoms with Gasteiger partial charge in [-0.05, 0) is 59.4 Å². The Hall–Kier alpha value is -1.71. The zero-order chi connectivity index (χ0) is 14.1. The SMILES string of the molecule is c1cc2cc(CNC3CCCc4sccc43)ccc2cn1. The van der Waals surface area contributed by atoms with E-state index >= 15 is 0 Å². The van der Waals surface area contributed by atoms with Crippen LogP contribution in [-0.4, -0.2) is 4.98 Å². The van der Waals surface area contributed by atoms with E-state index in [1.54, 1.807) is 4.88 Å². The van der Waals surface area contributed by atoms with E-state index in [1.165, 1.54) is 41.2 Å². The number of fused-ring (bicyclic) bond motifs is 2. The van der Waals surface area contributed by atoms with Gasteiger partial charge in [0.15, 0.2) is 0 Å². The van der Waals surface area contributed by atoms with Crippen molar-refractivity contribution in [2.75, 3.05) is 0 Å². The van der Waals surface area contributed by atoms with Gasteiger partial charge in [-0.25, -0.2) is 0 Å². The van der Waals surface area contributed by atoms with E-state index in [4.69, 9.17) is 0 Å². The number of aryl methyl sites for hydroxylation is 1. The maximum atomic E-state index is 4.17. The topological polar surface area (TPSA) is 24.9 Å². The molecule has 3 aromatic rings. The monoisotopic (exact) mass is 294 g/mol. The molecule has 0 radical (unpaired) electrons. The van der Waals surface area contributed by atoms with Gasteiger partial charge < -0.3 is 5.32 Å². The van der Waals surface area contributed by atoms with Gasteiger partial charge in [0.1, 0.15) is 0 Å². The van der Waals surface area contributed by atoms with Crippen molar-refractivity contribution >= 4 is 22.1 Å². The number of hydrogen-bond acceptors (Lipinski definition) is 3. The first-order valence-corrected chi connectivity index (χ1v) is 8.40. The Morgan fingerprint density at radius 2 is 2.19 bits per heavy atom. The fraction of sp³-hybridized carbons (Fsp3) is 0.278. The standard InChI is InChI=1S/C18H18N2S/c1-2-17(16-7-9-21-18(16)3-1)20-11-13-4-5-15-12-19-8-6-14(15)10-13/h4-10,12,17,20H,1-3,11H2. The number of rotatable bonds is 3. The molecule has 2 aromatic heterocycles. The molecule has 4 rings (SSSR count). The Morgan fingerprint density at radius 1 is 1.19 bits per heavy atom. The number of aromatic nitrogens is 1. The van der Waals surface area contributed by atoms with Crippen LogP contribution >= 0.6 is 11.3 Å². The molecule has 2 heterocycles. The molecule has 1 N–H and O–H groups in total. The van der Waals surface area contributed by atoms with Crippen LogP contribution in [0.25, 0.3) is 10.8 Å². The summed E-state index contributed by atoms with van der Waals surface area (Å²) in [5.41, 5.74) is 2.87. The van der Waals surface area contributed by atoms with E-state index in [2.05, 4.69) is 46.0 Å². The maximum Gasteiger partial charge on any atom is 0.0346 e. The third-order valence-electron chi connectivity index (χ3n) is 4.31. The van der Waals surface area contributed by atoms with Gasteiger partial charge in [0.25, 0.3) is 0 Å². The fourth-order valence-corrected chi connectivity index (χ4v) is 4.17. The summed E-state index contributed by atoms with van der Waals surface area (Å²) in [5.74, 6) is 0. The van der Waals surface area contributed by atoms with E-state index in [0.29, 0.717) is 6.04 Å². The van der Waals surface area contributed by atoms with E-state index in [0.717, 1.165) is 6.54 Å². The average molecular weight is 294 g/mol. The summed E-state index contributed by atoms with van der Waals surface area (Å²) in [7, 11) is 0. The van der Waals surface area contributed by atoms with Crippen molar-refractivity contribution in [3.8, 4) is 0 Å². The summed E-state index contributed by atoms with van der Waals surface area (Å²) < 4.78 is 0. The molecule has 1 atom stereocenters. The predicted molar refractivity (Wildman–Crippen MR) is 88.6 cm³/mol. The van der Waals surface area contributed by atoms with Crippen molar-refractivity contribution in [3.05, 3.63) is 64.1 Å². The number of hydrogen-bond donors (Lipinski definition) is 1. The lowest BCUT2D eigenvalue weighted by Crippen LogP contribution is -2.23. The predicted octanol–water partition coefficient (Wildman–Crippen LogP) is 4.46. The van der Waals surface area contributed by atoms with Gasteiger partial charge in [-0.1, -0.05) is 12.1 Å². The van der Waals surface area contributed by atoms with Gasteiger partial charge in [0.05, 0.1) is 0 Å². The molecule has 21 heavy (non-hydrogen) atoms. The van der Waals surface area contributed by atoms with Crippen LogP contribution in [0, 0.1) is 0 Å². The smallest absolute Gasteiger partial charge is 0.0346 e. The van der Waals surface area contributed by atoms with Gasteiger partial charge >= 0.3 is 0 Å². The Labute approximate surface area is 128 Å². The molecule has 1 aliphatic rings. The zero-order valence-corrected chi connectivity index (χ0v) is 12.7. The molecule has 1 unspecified atom stereocenters. The second-order valence-corrected chi connectivity index (χ2v) is 6.68. The Morgan fingerprint density at radius 3 is 3.19 bits per heavy atom. The van der Waals surface area contributed by atoms with Gasteiger partial charge in [-0.2, -0.15) is 0 Å². The van der Waals surface area contributed by atoms with Crippen molar-refractivity contribution in [1.29, 1.82) is 0 Å². The quantitative estimate of drug-likeness (QED) is 0.771. The minimum absolute atomic E-state index is 0.521. The van der Waals surface area contributed by atoms with Crippen molar-refractivity contribution in [1.82, 2.24) is 10.3 Å². The zero-order valence-electron chi connectivity index (χ0n) is 11.9.